The van der Waals surface area contributed by atoms with Crippen LogP contribution in [0.1, 0.15) is 28.8 Å². The summed E-state index contributed by atoms with van der Waals surface area (Å²) in [4.78, 5) is 0. The average Bonchev–Trinajstić information content (AvgIpc) is 2.79. The standard InChI is InChI=1S/C14H20N4/c1-11-5-3-6-12(2)14(11)10-18-9-13(16-17-18)7-4-8-15/h3,5-6,9H,4,7-8,10,15H2,1-2H3. The van der Waals surface area contributed by atoms with Crippen molar-refractivity contribution in [3.63, 3.8) is 0 Å². The maximum absolute atomic E-state index is 5.49. The highest BCUT2D eigenvalue weighted by Crippen LogP contribution is 2.14. The molecule has 18 heavy (non-hydrogen) atoms. The summed E-state index contributed by atoms with van der Waals surface area (Å²) in [6.45, 7) is 5.75. The molecule has 96 valence electrons. The first kappa shape index (κ1) is 12.8. The molecule has 0 bridgehead atoms. The molecule has 0 fully saturated rings. The molecular weight excluding hydrogens is 224 g/mol. The Bertz CT molecular complexity index is 496. The molecular formula is C14H20N4. The molecule has 2 aromatic rings. The van der Waals surface area contributed by atoms with Crippen LogP contribution < -0.4 is 5.73 Å². The fourth-order valence-electron chi connectivity index (χ4n) is 2.07. The predicted octanol–water partition coefficient (Wildman–Crippen LogP) is 1.83. The first-order valence-corrected chi connectivity index (χ1v) is 6.35. The van der Waals surface area contributed by atoms with Crippen LogP contribution in [0.2, 0.25) is 0 Å². The van der Waals surface area contributed by atoms with Gasteiger partial charge in [-0.1, -0.05) is 23.4 Å². The zero-order chi connectivity index (χ0) is 13.0. The maximum atomic E-state index is 5.49. The molecule has 0 atom stereocenters. The number of aryl methyl sites for hydroxylation is 3. The fraction of sp³-hybridized carbons (Fsp3) is 0.429. The summed E-state index contributed by atoms with van der Waals surface area (Å²) in [5.74, 6) is 0. The fourth-order valence-corrected chi connectivity index (χ4v) is 2.07. The van der Waals surface area contributed by atoms with Gasteiger partial charge >= 0.3 is 0 Å². The molecule has 4 nitrogen and oxygen atoms in total. The zero-order valence-corrected chi connectivity index (χ0v) is 11.1. The van der Waals surface area contributed by atoms with E-state index < -0.39 is 0 Å². The van der Waals surface area contributed by atoms with Gasteiger partial charge in [-0.2, -0.15) is 0 Å². The van der Waals surface area contributed by atoms with Crippen LogP contribution in [0.5, 0.6) is 0 Å². The van der Waals surface area contributed by atoms with Gasteiger partial charge in [0.25, 0.3) is 0 Å². The second kappa shape index (κ2) is 5.78. The SMILES string of the molecule is Cc1cccc(C)c1Cn1cc(CCCN)nn1. The van der Waals surface area contributed by atoms with Gasteiger partial charge in [0, 0.05) is 6.20 Å². The van der Waals surface area contributed by atoms with Crippen molar-refractivity contribution in [3.8, 4) is 0 Å². The Balaban J connectivity index is 2.11. The van der Waals surface area contributed by atoms with E-state index in [0.29, 0.717) is 6.54 Å². The maximum Gasteiger partial charge on any atom is 0.0827 e. The van der Waals surface area contributed by atoms with Crippen LogP contribution in [0.15, 0.2) is 24.4 Å². The monoisotopic (exact) mass is 244 g/mol. The lowest BCUT2D eigenvalue weighted by Crippen LogP contribution is -2.04. The minimum absolute atomic E-state index is 0.698. The summed E-state index contributed by atoms with van der Waals surface area (Å²) in [6.07, 6.45) is 3.88. The van der Waals surface area contributed by atoms with E-state index in [-0.39, 0.29) is 0 Å². The summed E-state index contributed by atoms with van der Waals surface area (Å²) in [7, 11) is 0. The Kier molecular flexibility index (Phi) is 4.10. The topological polar surface area (TPSA) is 56.7 Å². The van der Waals surface area contributed by atoms with Gasteiger partial charge in [0.05, 0.1) is 12.2 Å². The molecule has 0 amide bonds. The lowest BCUT2D eigenvalue weighted by molar-refractivity contribution is 0.644. The van der Waals surface area contributed by atoms with E-state index in [4.69, 9.17) is 5.73 Å². The molecule has 0 radical (unpaired) electrons. The summed E-state index contributed by atoms with van der Waals surface area (Å²) in [5.41, 5.74) is 10.4. The number of aromatic nitrogens is 3. The van der Waals surface area contributed by atoms with Crippen molar-refractivity contribution in [2.24, 2.45) is 5.73 Å². The highest BCUT2D eigenvalue weighted by molar-refractivity contribution is 5.33. The molecule has 2 rings (SSSR count). The molecule has 0 aliphatic carbocycles. The predicted molar refractivity (Wildman–Crippen MR) is 72.4 cm³/mol. The minimum Gasteiger partial charge on any atom is -0.330 e. The molecule has 1 aromatic heterocycles. The smallest absolute Gasteiger partial charge is 0.0827 e. The molecule has 0 spiro atoms. The largest absolute Gasteiger partial charge is 0.330 e. The van der Waals surface area contributed by atoms with Crippen molar-refractivity contribution in [1.82, 2.24) is 15.0 Å². The normalized spacial score (nSPS) is 10.8. The van der Waals surface area contributed by atoms with Gasteiger partial charge in [-0.25, -0.2) is 4.68 Å². The third-order valence-electron chi connectivity index (χ3n) is 3.19. The number of hydrogen-bond acceptors (Lipinski definition) is 3. The van der Waals surface area contributed by atoms with Gasteiger partial charge in [0.2, 0.25) is 0 Å². The first-order chi connectivity index (χ1) is 8.70. The van der Waals surface area contributed by atoms with Gasteiger partial charge < -0.3 is 5.73 Å². The Morgan fingerprint density at radius 3 is 2.61 bits per heavy atom. The first-order valence-electron chi connectivity index (χ1n) is 6.35. The van der Waals surface area contributed by atoms with Gasteiger partial charge in [-0.3, -0.25) is 0 Å². The third-order valence-corrected chi connectivity index (χ3v) is 3.19. The Morgan fingerprint density at radius 1 is 1.22 bits per heavy atom. The summed E-state index contributed by atoms with van der Waals surface area (Å²) in [6, 6.07) is 6.35. The number of benzene rings is 1. The number of hydrogen-bond donors (Lipinski definition) is 1. The van der Waals surface area contributed by atoms with Gasteiger partial charge in [-0.15, -0.1) is 5.10 Å². The van der Waals surface area contributed by atoms with E-state index in [1.54, 1.807) is 0 Å². The van der Waals surface area contributed by atoms with Crippen molar-refractivity contribution < 1.29 is 0 Å². The van der Waals surface area contributed by atoms with E-state index in [2.05, 4.69) is 42.4 Å². The van der Waals surface area contributed by atoms with Crippen LogP contribution in [0.3, 0.4) is 0 Å². The van der Waals surface area contributed by atoms with Crippen molar-refractivity contribution in [1.29, 1.82) is 0 Å². The summed E-state index contributed by atoms with van der Waals surface area (Å²) < 4.78 is 1.90. The lowest BCUT2D eigenvalue weighted by atomic mass is 10.0. The van der Waals surface area contributed by atoms with E-state index in [1.165, 1.54) is 16.7 Å². The Labute approximate surface area is 108 Å². The molecule has 0 saturated carbocycles. The summed E-state index contributed by atoms with van der Waals surface area (Å²) >= 11 is 0. The van der Waals surface area contributed by atoms with Gasteiger partial charge in [0.1, 0.15) is 0 Å². The molecule has 0 unspecified atom stereocenters. The molecule has 0 aliphatic rings. The zero-order valence-electron chi connectivity index (χ0n) is 11.1. The molecule has 1 heterocycles. The van der Waals surface area contributed by atoms with Crippen LogP contribution >= 0.6 is 0 Å². The summed E-state index contributed by atoms with van der Waals surface area (Å²) in [5, 5.41) is 8.34. The quantitative estimate of drug-likeness (QED) is 0.873. The average molecular weight is 244 g/mol. The van der Waals surface area contributed by atoms with Gasteiger partial charge in [0.15, 0.2) is 0 Å². The van der Waals surface area contributed by atoms with E-state index in [1.807, 2.05) is 10.9 Å². The molecule has 1 aromatic carbocycles. The number of rotatable bonds is 5. The van der Waals surface area contributed by atoms with E-state index >= 15 is 0 Å². The molecule has 2 N–H and O–H groups in total. The number of nitrogens with two attached hydrogens (primary N) is 1. The van der Waals surface area contributed by atoms with Crippen LogP contribution in [0, 0.1) is 13.8 Å². The highest BCUT2D eigenvalue weighted by atomic mass is 15.4. The molecule has 0 saturated heterocycles. The minimum atomic E-state index is 0.698. The van der Waals surface area contributed by atoms with E-state index in [0.717, 1.165) is 25.1 Å². The van der Waals surface area contributed by atoms with Crippen LogP contribution in [-0.2, 0) is 13.0 Å². The van der Waals surface area contributed by atoms with Crippen molar-refractivity contribution in [2.75, 3.05) is 6.54 Å². The third kappa shape index (κ3) is 2.96. The number of nitrogens with zero attached hydrogens (tertiary/aromatic N) is 3. The Hall–Kier alpha value is -1.68. The Morgan fingerprint density at radius 2 is 1.94 bits per heavy atom. The van der Waals surface area contributed by atoms with Crippen molar-refractivity contribution in [2.45, 2.75) is 33.2 Å². The highest BCUT2D eigenvalue weighted by Gasteiger charge is 2.05. The van der Waals surface area contributed by atoms with E-state index in [9.17, 15) is 0 Å². The molecule has 0 aliphatic heterocycles. The second-order valence-electron chi connectivity index (χ2n) is 4.67. The molecule has 4 heteroatoms. The lowest BCUT2D eigenvalue weighted by Gasteiger charge is -2.08. The second-order valence-corrected chi connectivity index (χ2v) is 4.67. The van der Waals surface area contributed by atoms with Crippen molar-refractivity contribution in [3.05, 3.63) is 46.8 Å². The van der Waals surface area contributed by atoms with Crippen LogP contribution in [0.25, 0.3) is 0 Å². The van der Waals surface area contributed by atoms with Crippen LogP contribution in [0.4, 0.5) is 0 Å². The van der Waals surface area contributed by atoms with Crippen molar-refractivity contribution >= 4 is 0 Å². The van der Waals surface area contributed by atoms with Crippen LogP contribution in [-0.4, -0.2) is 21.5 Å². The van der Waals surface area contributed by atoms with Gasteiger partial charge in [-0.05, 0) is 49.9 Å².